The average molecular weight is 345 g/mol. The van der Waals surface area contributed by atoms with Crippen molar-refractivity contribution in [3.05, 3.63) is 44.3 Å². The number of thiophene rings is 2. The summed E-state index contributed by atoms with van der Waals surface area (Å²) < 4.78 is 0. The summed E-state index contributed by atoms with van der Waals surface area (Å²) in [6.07, 6.45) is 1.38. The minimum absolute atomic E-state index is 0.0838. The van der Waals surface area contributed by atoms with E-state index in [1.54, 1.807) is 23.3 Å². The molecule has 1 amide bonds. The molecule has 0 radical (unpaired) electrons. The predicted octanol–water partition coefficient (Wildman–Crippen LogP) is 3.13. The van der Waals surface area contributed by atoms with Crippen molar-refractivity contribution in [3.63, 3.8) is 0 Å². The zero-order valence-electron chi connectivity index (χ0n) is 13.1. The molecule has 0 saturated carbocycles. The van der Waals surface area contributed by atoms with E-state index in [-0.39, 0.29) is 11.9 Å². The Kier molecular flexibility index (Phi) is 5.11. The van der Waals surface area contributed by atoms with Crippen molar-refractivity contribution in [2.24, 2.45) is 0 Å². The molecule has 0 saturated heterocycles. The van der Waals surface area contributed by atoms with Crippen LogP contribution in [0.1, 0.15) is 27.8 Å². The van der Waals surface area contributed by atoms with Gasteiger partial charge in [0.25, 0.3) is 0 Å². The Bertz CT molecular complexity index is 702. The molecule has 23 heavy (non-hydrogen) atoms. The molecule has 3 rings (SSSR count). The Hall–Kier alpha value is -1.68. The maximum Gasteiger partial charge on any atom is 0.236 e. The van der Waals surface area contributed by atoms with Crippen molar-refractivity contribution < 1.29 is 4.79 Å². The highest BCUT2D eigenvalue weighted by Gasteiger charge is 2.31. The molecule has 3 heterocycles. The highest BCUT2D eigenvalue weighted by molar-refractivity contribution is 7.10. The lowest BCUT2D eigenvalue weighted by Gasteiger charge is -2.35. The van der Waals surface area contributed by atoms with Crippen LogP contribution in [-0.2, 0) is 11.2 Å². The topological polar surface area (TPSA) is 47.3 Å². The quantitative estimate of drug-likeness (QED) is 0.836. The normalized spacial score (nSPS) is 17.5. The van der Waals surface area contributed by atoms with E-state index in [9.17, 15) is 4.79 Å². The van der Waals surface area contributed by atoms with E-state index >= 15 is 0 Å². The number of hydrogen-bond acceptors (Lipinski definition) is 5. The largest absolute Gasteiger partial charge is 0.344 e. The molecule has 0 fully saturated rings. The monoisotopic (exact) mass is 345 g/mol. The number of likely N-dealkylation sites (N-methyl/N-ethyl adjacent to an activating group) is 1. The highest BCUT2D eigenvalue weighted by Crippen LogP contribution is 2.39. The van der Waals surface area contributed by atoms with E-state index in [1.807, 2.05) is 11.3 Å². The summed E-state index contributed by atoms with van der Waals surface area (Å²) in [5.41, 5.74) is 1.34. The van der Waals surface area contributed by atoms with Gasteiger partial charge in [0.15, 0.2) is 0 Å². The number of rotatable bonds is 5. The maximum absolute atomic E-state index is 12.5. The first kappa shape index (κ1) is 16.2. The van der Waals surface area contributed by atoms with Crippen LogP contribution >= 0.6 is 22.7 Å². The molecular formula is C17H19N3OS2. The van der Waals surface area contributed by atoms with Crippen molar-refractivity contribution in [1.29, 1.82) is 5.26 Å². The Morgan fingerprint density at radius 3 is 3.04 bits per heavy atom. The molecule has 120 valence electrons. The molecule has 6 heteroatoms. The predicted molar refractivity (Wildman–Crippen MR) is 93.6 cm³/mol. The summed E-state index contributed by atoms with van der Waals surface area (Å²) in [6, 6.07) is 8.69. The zero-order valence-corrected chi connectivity index (χ0v) is 14.7. The van der Waals surface area contributed by atoms with Gasteiger partial charge < -0.3 is 4.90 Å². The molecular weight excluding hydrogens is 326 g/mol. The first-order chi connectivity index (χ1) is 11.2. The van der Waals surface area contributed by atoms with Crippen LogP contribution in [0.25, 0.3) is 0 Å². The number of nitriles is 1. The molecule has 0 aliphatic carbocycles. The van der Waals surface area contributed by atoms with Gasteiger partial charge in [-0.05, 0) is 34.9 Å². The van der Waals surface area contributed by atoms with Gasteiger partial charge in [0.05, 0.1) is 25.1 Å². The van der Waals surface area contributed by atoms with Crippen molar-refractivity contribution in [2.45, 2.75) is 18.9 Å². The minimum Gasteiger partial charge on any atom is -0.344 e. The van der Waals surface area contributed by atoms with E-state index in [0.717, 1.165) is 13.0 Å². The number of carbonyl (C=O) groups is 1. The Morgan fingerprint density at radius 2 is 2.30 bits per heavy atom. The molecule has 2 aromatic heterocycles. The molecule has 0 N–H and O–H groups in total. The zero-order chi connectivity index (χ0) is 16.2. The van der Waals surface area contributed by atoms with Crippen LogP contribution < -0.4 is 0 Å². The van der Waals surface area contributed by atoms with Crippen LogP contribution in [0, 0.1) is 11.3 Å². The van der Waals surface area contributed by atoms with Crippen molar-refractivity contribution >= 4 is 28.6 Å². The van der Waals surface area contributed by atoms with Crippen LogP contribution in [-0.4, -0.2) is 42.4 Å². The molecule has 1 aliphatic rings. The van der Waals surface area contributed by atoms with Gasteiger partial charge in [-0.1, -0.05) is 6.07 Å². The fraction of sp³-hybridized carbons (Fsp3) is 0.412. The van der Waals surface area contributed by atoms with Gasteiger partial charge >= 0.3 is 0 Å². The summed E-state index contributed by atoms with van der Waals surface area (Å²) in [7, 11) is 1.78. The molecule has 4 nitrogen and oxygen atoms in total. The molecule has 1 aliphatic heterocycles. The van der Waals surface area contributed by atoms with E-state index in [4.69, 9.17) is 5.26 Å². The number of fused-ring (bicyclic) bond motifs is 1. The lowest BCUT2D eigenvalue weighted by molar-refractivity contribution is -0.131. The fourth-order valence-electron chi connectivity index (χ4n) is 2.96. The van der Waals surface area contributed by atoms with Gasteiger partial charge in [0, 0.05) is 29.9 Å². The van der Waals surface area contributed by atoms with Crippen LogP contribution in [0.5, 0.6) is 0 Å². The second-order valence-corrected chi connectivity index (χ2v) is 7.64. The van der Waals surface area contributed by atoms with E-state index in [1.165, 1.54) is 15.3 Å². The van der Waals surface area contributed by atoms with E-state index in [0.29, 0.717) is 19.5 Å². The molecule has 1 atom stereocenters. The summed E-state index contributed by atoms with van der Waals surface area (Å²) in [5, 5.41) is 12.9. The molecule has 2 aromatic rings. The van der Waals surface area contributed by atoms with Crippen LogP contribution in [0.3, 0.4) is 0 Å². The van der Waals surface area contributed by atoms with Crippen molar-refractivity contribution in [3.8, 4) is 6.07 Å². The lowest BCUT2D eigenvalue weighted by atomic mass is 9.98. The third-order valence-corrected chi connectivity index (χ3v) is 6.12. The first-order valence-corrected chi connectivity index (χ1v) is 9.41. The maximum atomic E-state index is 12.5. The third kappa shape index (κ3) is 3.47. The summed E-state index contributed by atoms with van der Waals surface area (Å²) >= 11 is 3.56. The van der Waals surface area contributed by atoms with Crippen molar-refractivity contribution in [2.75, 3.05) is 26.7 Å². The molecule has 0 aromatic carbocycles. The second kappa shape index (κ2) is 7.26. The highest BCUT2D eigenvalue weighted by atomic mass is 32.1. The van der Waals surface area contributed by atoms with E-state index in [2.05, 4.69) is 39.9 Å². The Balaban J connectivity index is 1.79. The Labute approximate surface area is 144 Å². The number of carbonyl (C=O) groups excluding carboxylic acids is 1. The third-order valence-electron chi connectivity index (χ3n) is 4.20. The number of amides is 1. The van der Waals surface area contributed by atoms with Crippen LogP contribution in [0.2, 0.25) is 0 Å². The summed E-state index contributed by atoms with van der Waals surface area (Å²) in [4.78, 5) is 19.1. The molecule has 0 spiro atoms. The first-order valence-electron chi connectivity index (χ1n) is 7.65. The lowest BCUT2D eigenvalue weighted by Crippen LogP contribution is -2.43. The summed E-state index contributed by atoms with van der Waals surface area (Å²) in [5.74, 6) is 0.0838. The van der Waals surface area contributed by atoms with Gasteiger partial charge in [-0.25, -0.2) is 0 Å². The van der Waals surface area contributed by atoms with E-state index < -0.39 is 0 Å². The van der Waals surface area contributed by atoms with Gasteiger partial charge in [-0.15, -0.1) is 22.7 Å². The summed E-state index contributed by atoms with van der Waals surface area (Å²) in [6.45, 7) is 1.80. The SMILES string of the molecule is CN(CCC#N)C(=O)CN1CCc2sccc2C1c1cccs1. The van der Waals surface area contributed by atoms with Crippen LogP contribution in [0.4, 0.5) is 0 Å². The van der Waals surface area contributed by atoms with Gasteiger partial charge in [-0.3, -0.25) is 9.69 Å². The molecule has 0 bridgehead atoms. The minimum atomic E-state index is 0.0838. The fourth-order valence-corrected chi connectivity index (χ4v) is 4.74. The average Bonchev–Trinajstić information content (AvgIpc) is 3.23. The van der Waals surface area contributed by atoms with Gasteiger partial charge in [-0.2, -0.15) is 5.26 Å². The van der Waals surface area contributed by atoms with Crippen molar-refractivity contribution in [1.82, 2.24) is 9.80 Å². The number of hydrogen-bond donors (Lipinski definition) is 0. The molecule has 1 unspecified atom stereocenters. The van der Waals surface area contributed by atoms with Crippen LogP contribution in [0.15, 0.2) is 29.0 Å². The number of nitrogens with zero attached hydrogens (tertiary/aromatic N) is 3. The van der Waals surface area contributed by atoms with Gasteiger partial charge in [0.1, 0.15) is 0 Å². The van der Waals surface area contributed by atoms with Gasteiger partial charge in [0.2, 0.25) is 5.91 Å². The second-order valence-electron chi connectivity index (χ2n) is 5.66. The standard InChI is InChI=1S/C17H19N3OS2/c1-19(8-3-7-18)16(21)12-20-9-5-14-13(6-11-23-14)17(20)15-4-2-10-22-15/h2,4,6,10-11,17H,3,5,8-9,12H2,1H3. The Morgan fingerprint density at radius 1 is 1.43 bits per heavy atom. The smallest absolute Gasteiger partial charge is 0.236 e.